The Morgan fingerprint density at radius 2 is 1.82 bits per heavy atom. The van der Waals surface area contributed by atoms with Crippen LogP contribution in [0.2, 0.25) is 0 Å². The van der Waals surface area contributed by atoms with Crippen LogP contribution in [0, 0.1) is 30.6 Å². The topological polar surface area (TPSA) is 81.0 Å². The number of rotatable bonds is 5. The van der Waals surface area contributed by atoms with Gasteiger partial charge in [-0.15, -0.1) is 5.10 Å². The SMILES string of the molecule is Cc1c(C#N)cccc1[C@@H](C)Nc1nnc(C)c2cnc(N3CC4(C3)CN(C(C)C)C4)cc12. The molecule has 1 aromatic carbocycles. The van der Waals surface area contributed by atoms with Crippen LogP contribution in [0.5, 0.6) is 0 Å². The third-order valence-corrected chi connectivity index (χ3v) is 7.33. The Bertz CT molecular complexity index is 1250. The first-order chi connectivity index (χ1) is 15.8. The highest BCUT2D eigenvalue weighted by Crippen LogP contribution is 2.42. The molecule has 1 atom stereocenters. The third kappa shape index (κ3) is 3.68. The number of nitrogens with one attached hydrogen (secondary N) is 1. The van der Waals surface area contributed by atoms with Gasteiger partial charge in [0.1, 0.15) is 5.82 Å². The van der Waals surface area contributed by atoms with Crippen molar-refractivity contribution in [2.24, 2.45) is 5.41 Å². The second kappa shape index (κ2) is 7.96. The molecule has 0 radical (unpaired) electrons. The van der Waals surface area contributed by atoms with Crippen molar-refractivity contribution < 1.29 is 0 Å². The van der Waals surface area contributed by atoms with Crippen molar-refractivity contribution in [3.05, 3.63) is 52.8 Å². The molecular weight excluding hydrogens is 410 g/mol. The second-order valence-corrected chi connectivity index (χ2v) is 10.1. The second-order valence-electron chi connectivity index (χ2n) is 10.1. The van der Waals surface area contributed by atoms with E-state index in [1.54, 1.807) is 0 Å². The molecule has 7 nitrogen and oxygen atoms in total. The molecule has 1 spiro atoms. The van der Waals surface area contributed by atoms with Crippen LogP contribution >= 0.6 is 0 Å². The van der Waals surface area contributed by atoms with Crippen LogP contribution in [0.15, 0.2) is 30.5 Å². The molecule has 1 N–H and O–H groups in total. The van der Waals surface area contributed by atoms with Gasteiger partial charge >= 0.3 is 0 Å². The number of hydrogen-bond acceptors (Lipinski definition) is 7. The molecule has 5 rings (SSSR count). The summed E-state index contributed by atoms with van der Waals surface area (Å²) in [6.07, 6.45) is 1.93. The van der Waals surface area contributed by atoms with Crippen LogP contribution in [0.4, 0.5) is 11.6 Å². The fourth-order valence-electron chi connectivity index (χ4n) is 5.27. The summed E-state index contributed by atoms with van der Waals surface area (Å²) in [5, 5.41) is 23.8. The van der Waals surface area contributed by atoms with E-state index in [0.29, 0.717) is 17.0 Å². The van der Waals surface area contributed by atoms with Crippen molar-refractivity contribution in [1.82, 2.24) is 20.1 Å². The van der Waals surface area contributed by atoms with E-state index < -0.39 is 0 Å². The molecule has 2 aromatic heterocycles. The molecule has 0 saturated carbocycles. The van der Waals surface area contributed by atoms with Gasteiger partial charge in [0, 0.05) is 54.6 Å². The fourth-order valence-corrected chi connectivity index (χ4v) is 5.27. The summed E-state index contributed by atoms with van der Waals surface area (Å²) in [5.74, 6) is 1.75. The van der Waals surface area contributed by atoms with Gasteiger partial charge in [-0.25, -0.2) is 4.98 Å². The molecule has 4 heterocycles. The predicted octanol–water partition coefficient (Wildman–Crippen LogP) is 4.22. The molecular formula is C26H31N7. The standard InChI is InChI=1S/C26H31N7/c1-16(2)32-12-26(13-32)14-33(15-26)24-9-22-23(11-28-24)19(5)30-31-25(22)29-18(4)21-8-6-7-20(10-27)17(21)3/h6-9,11,16,18H,12-15H2,1-5H3,(H,29,31)/t18-/m1/s1. The van der Waals surface area contributed by atoms with Gasteiger partial charge in [0.2, 0.25) is 0 Å². The molecule has 0 amide bonds. The Hall–Kier alpha value is -3.24. The lowest BCUT2D eigenvalue weighted by Gasteiger charge is -2.61. The lowest BCUT2D eigenvalue weighted by Crippen LogP contribution is -2.73. The van der Waals surface area contributed by atoms with Gasteiger partial charge in [-0.2, -0.15) is 10.4 Å². The number of nitriles is 1. The number of pyridine rings is 1. The summed E-state index contributed by atoms with van der Waals surface area (Å²) in [7, 11) is 0. The van der Waals surface area contributed by atoms with Crippen LogP contribution in [0.1, 0.15) is 49.2 Å². The molecule has 33 heavy (non-hydrogen) atoms. The van der Waals surface area contributed by atoms with E-state index in [2.05, 4.69) is 64.3 Å². The quantitative estimate of drug-likeness (QED) is 0.635. The van der Waals surface area contributed by atoms with Gasteiger partial charge in [-0.1, -0.05) is 12.1 Å². The van der Waals surface area contributed by atoms with E-state index in [0.717, 1.165) is 52.3 Å². The first-order valence-corrected chi connectivity index (χ1v) is 11.7. The van der Waals surface area contributed by atoms with Gasteiger partial charge in [-0.3, -0.25) is 4.90 Å². The number of hydrogen-bond donors (Lipinski definition) is 1. The summed E-state index contributed by atoms with van der Waals surface area (Å²) < 4.78 is 0. The minimum absolute atomic E-state index is 0.0145. The van der Waals surface area contributed by atoms with Crippen LogP contribution < -0.4 is 10.2 Å². The van der Waals surface area contributed by atoms with Crippen molar-refractivity contribution in [3.8, 4) is 6.07 Å². The number of likely N-dealkylation sites (tertiary alicyclic amines) is 1. The molecule has 0 aliphatic carbocycles. The molecule has 7 heteroatoms. The molecule has 0 unspecified atom stereocenters. The Kier molecular flexibility index (Phi) is 5.21. The van der Waals surface area contributed by atoms with E-state index in [4.69, 9.17) is 4.98 Å². The van der Waals surface area contributed by atoms with Crippen LogP contribution in [-0.4, -0.2) is 52.3 Å². The predicted molar refractivity (Wildman–Crippen MR) is 131 cm³/mol. The summed E-state index contributed by atoms with van der Waals surface area (Å²) in [6, 6.07) is 10.9. The average Bonchev–Trinajstić information content (AvgIpc) is 2.73. The van der Waals surface area contributed by atoms with Crippen molar-refractivity contribution in [2.75, 3.05) is 36.4 Å². The molecule has 0 bridgehead atoms. The number of benzene rings is 1. The number of fused-ring (bicyclic) bond motifs is 1. The Balaban J connectivity index is 1.40. The summed E-state index contributed by atoms with van der Waals surface area (Å²) in [5.41, 5.74) is 4.09. The summed E-state index contributed by atoms with van der Waals surface area (Å²) in [4.78, 5) is 9.68. The van der Waals surface area contributed by atoms with E-state index in [-0.39, 0.29) is 6.04 Å². The first kappa shape index (κ1) is 21.6. The third-order valence-electron chi connectivity index (χ3n) is 7.33. The smallest absolute Gasteiger partial charge is 0.157 e. The average molecular weight is 442 g/mol. The molecule has 170 valence electrons. The number of aromatic nitrogens is 3. The molecule has 2 saturated heterocycles. The number of anilines is 2. The first-order valence-electron chi connectivity index (χ1n) is 11.7. The van der Waals surface area contributed by atoms with E-state index >= 15 is 0 Å². The van der Waals surface area contributed by atoms with Crippen molar-refractivity contribution >= 4 is 22.4 Å². The minimum Gasteiger partial charge on any atom is -0.362 e. The zero-order chi connectivity index (χ0) is 23.3. The van der Waals surface area contributed by atoms with Gasteiger partial charge in [0.15, 0.2) is 5.82 Å². The maximum absolute atomic E-state index is 9.39. The number of aryl methyl sites for hydroxylation is 1. The van der Waals surface area contributed by atoms with Crippen LogP contribution in [0.25, 0.3) is 10.8 Å². The van der Waals surface area contributed by atoms with Crippen molar-refractivity contribution in [3.63, 3.8) is 0 Å². The molecule has 2 aliphatic heterocycles. The molecule has 2 fully saturated rings. The Morgan fingerprint density at radius 3 is 2.52 bits per heavy atom. The maximum atomic E-state index is 9.39. The normalized spacial score (nSPS) is 18.2. The van der Waals surface area contributed by atoms with E-state index in [9.17, 15) is 5.26 Å². The minimum atomic E-state index is -0.0145. The molecule has 2 aliphatic rings. The highest BCUT2D eigenvalue weighted by atomic mass is 15.3. The largest absolute Gasteiger partial charge is 0.362 e. The Labute approximate surface area is 195 Å². The monoisotopic (exact) mass is 441 g/mol. The van der Waals surface area contributed by atoms with Crippen LogP contribution in [-0.2, 0) is 0 Å². The van der Waals surface area contributed by atoms with Gasteiger partial charge in [-0.05, 0) is 57.9 Å². The Morgan fingerprint density at radius 1 is 1.06 bits per heavy atom. The lowest BCUT2D eigenvalue weighted by molar-refractivity contribution is -0.0414. The van der Waals surface area contributed by atoms with Crippen molar-refractivity contribution in [2.45, 2.75) is 46.7 Å². The van der Waals surface area contributed by atoms with Gasteiger partial charge in [0.05, 0.1) is 23.4 Å². The number of nitrogens with zero attached hydrogens (tertiary/aromatic N) is 6. The zero-order valence-corrected chi connectivity index (χ0v) is 20.1. The van der Waals surface area contributed by atoms with E-state index in [1.165, 1.54) is 13.1 Å². The van der Waals surface area contributed by atoms with Crippen molar-refractivity contribution in [1.29, 1.82) is 5.26 Å². The highest BCUT2D eigenvalue weighted by Gasteiger charge is 2.52. The highest BCUT2D eigenvalue weighted by molar-refractivity contribution is 5.94. The zero-order valence-electron chi connectivity index (χ0n) is 20.1. The summed E-state index contributed by atoms with van der Waals surface area (Å²) >= 11 is 0. The maximum Gasteiger partial charge on any atom is 0.157 e. The van der Waals surface area contributed by atoms with Crippen LogP contribution in [0.3, 0.4) is 0 Å². The lowest BCUT2D eigenvalue weighted by atomic mass is 9.72. The summed E-state index contributed by atoms with van der Waals surface area (Å²) in [6.45, 7) is 15.1. The fraction of sp³-hybridized carbons (Fsp3) is 0.462. The van der Waals surface area contributed by atoms with Gasteiger partial charge in [0.25, 0.3) is 0 Å². The molecule has 3 aromatic rings. The van der Waals surface area contributed by atoms with Gasteiger partial charge < -0.3 is 10.2 Å². The van der Waals surface area contributed by atoms with E-state index in [1.807, 2.05) is 32.2 Å².